The van der Waals surface area contributed by atoms with E-state index in [0.29, 0.717) is 12.6 Å². The van der Waals surface area contributed by atoms with Crippen LogP contribution < -0.4 is 5.73 Å². The summed E-state index contributed by atoms with van der Waals surface area (Å²) in [4.78, 5) is 3.66. The van der Waals surface area contributed by atoms with Gasteiger partial charge >= 0.3 is 0 Å². The number of thiophene rings is 1. The summed E-state index contributed by atoms with van der Waals surface area (Å²) in [6.45, 7) is 5.45. The van der Waals surface area contributed by atoms with Gasteiger partial charge in [-0.2, -0.15) is 0 Å². The first-order valence-corrected chi connectivity index (χ1v) is 7.07. The number of ether oxygens (including phenoxy) is 1. The summed E-state index contributed by atoms with van der Waals surface area (Å²) in [5.74, 6) is 0. The Hall–Kier alpha value is 0.0600. The lowest BCUT2D eigenvalue weighted by molar-refractivity contribution is 0.127. The highest BCUT2D eigenvalue weighted by molar-refractivity contribution is 9.10. The fourth-order valence-corrected chi connectivity index (χ4v) is 3.28. The Balaban J connectivity index is 2.70. The van der Waals surface area contributed by atoms with E-state index in [1.807, 2.05) is 0 Å². The maximum atomic E-state index is 5.87. The van der Waals surface area contributed by atoms with E-state index in [1.165, 1.54) is 4.88 Å². The van der Waals surface area contributed by atoms with Crippen LogP contribution in [0.4, 0.5) is 0 Å². The number of nitrogens with two attached hydrogens (primary N) is 1. The zero-order chi connectivity index (χ0) is 12.0. The van der Waals surface area contributed by atoms with Gasteiger partial charge in [0.15, 0.2) is 0 Å². The van der Waals surface area contributed by atoms with Crippen LogP contribution in [0.15, 0.2) is 15.9 Å². The van der Waals surface area contributed by atoms with Crippen LogP contribution in [0.5, 0.6) is 0 Å². The van der Waals surface area contributed by atoms with E-state index in [0.717, 1.165) is 24.2 Å². The van der Waals surface area contributed by atoms with Crippen LogP contribution in [-0.4, -0.2) is 38.3 Å². The molecule has 5 heteroatoms. The molecule has 0 amide bonds. The van der Waals surface area contributed by atoms with Gasteiger partial charge in [-0.3, -0.25) is 4.90 Å². The van der Waals surface area contributed by atoms with Crippen molar-refractivity contribution in [3.8, 4) is 0 Å². The Morgan fingerprint density at radius 2 is 2.38 bits per heavy atom. The third-order valence-corrected chi connectivity index (χ3v) is 4.36. The molecule has 1 aromatic rings. The topological polar surface area (TPSA) is 38.5 Å². The molecule has 0 spiro atoms. The first kappa shape index (κ1) is 14.1. The Bertz CT molecular complexity index is 306. The fraction of sp³-hybridized carbons (Fsp3) is 0.636. The molecule has 0 bridgehead atoms. The van der Waals surface area contributed by atoms with E-state index in [1.54, 1.807) is 18.4 Å². The van der Waals surface area contributed by atoms with Crippen LogP contribution in [0.3, 0.4) is 0 Å². The van der Waals surface area contributed by atoms with Crippen molar-refractivity contribution in [1.82, 2.24) is 4.90 Å². The summed E-state index contributed by atoms with van der Waals surface area (Å²) >= 11 is 5.23. The molecule has 0 fully saturated rings. The highest BCUT2D eigenvalue weighted by Crippen LogP contribution is 2.28. The molecule has 0 radical (unpaired) electrons. The van der Waals surface area contributed by atoms with Crippen LogP contribution in [0.25, 0.3) is 0 Å². The Morgan fingerprint density at radius 3 is 2.81 bits per heavy atom. The number of nitrogens with zero attached hydrogens (tertiary/aromatic N) is 1. The largest absolute Gasteiger partial charge is 0.383 e. The van der Waals surface area contributed by atoms with E-state index in [4.69, 9.17) is 10.5 Å². The van der Waals surface area contributed by atoms with Crippen LogP contribution >= 0.6 is 27.3 Å². The smallest absolute Gasteiger partial charge is 0.0589 e. The van der Waals surface area contributed by atoms with Gasteiger partial charge in [-0.05, 0) is 28.5 Å². The standard InChI is InChI=1S/C11H19BrN2OS/c1-3-14(4-5-15-2)10(7-13)11-6-9(12)8-16-11/h6,8,10H,3-5,7,13H2,1-2H3. The lowest BCUT2D eigenvalue weighted by Crippen LogP contribution is -2.35. The van der Waals surface area contributed by atoms with Gasteiger partial charge in [-0.15, -0.1) is 11.3 Å². The van der Waals surface area contributed by atoms with Crippen molar-refractivity contribution >= 4 is 27.3 Å². The second-order valence-corrected chi connectivity index (χ2v) is 5.40. The fourth-order valence-electron chi connectivity index (χ4n) is 1.69. The molecule has 92 valence electrons. The Morgan fingerprint density at radius 1 is 1.62 bits per heavy atom. The summed E-state index contributed by atoms with van der Waals surface area (Å²) in [5, 5.41) is 2.10. The number of methoxy groups -OCH3 is 1. The zero-order valence-electron chi connectivity index (χ0n) is 9.78. The van der Waals surface area contributed by atoms with Gasteiger partial charge in [0.1, 0.15) is 0 Å². The van der Waals surface area contributed by atoms with E-state index < -0.39 is 0 Å². The zero-order valence-corrected chi connectivity index (χ0v) is 12.2. The number of halogens is 1. The van der Waals surface area contributed by atoms with Crippen molar-refractivity contribution in [1.29, 1.82) is 0 Å². The van der Waals surface area contributed by atoms with Gasteiger partial charge in [-0.25, -0.2) is 0 Å². The first-order valence-electron chi connectivity index (χ1n) is 5.39. The van der Waals surface area contributed by atoms with Gasteiger partial charge in [0, 0.05) is 34.9 Å². The summed E-state index contributed by atoms with van der Waals surface area (Å²) in [7, 11) is 1.73. The second kappa shape index (κ2) is 7.40. The van der Waals surface area contributed by atoms with Crippen molar-refractivity contribution in [3.05, 3.63) is 20.8 Å². The Labute approximate surface area is 110 Å². The molecule has 1 rings (SSSR count). The number of hydrogen-bond acceptors (Lipinski definition) is 4. The molecule has 0 aliphatic rings. The van der Waals surface area contributed by atoms with E-state index >= 15 is 0 Å². The molecule has 1 aromatic heterocycles. The molecule has 0 aromatic carbocycles. The van der Waals surface area contributed by atoms with Gasteiger partial charge in [0.2, 0.25) is 0 Å². The minimum Gasteiger partial charge on any atom is -0.383 e. The van der Waals surface area contributed by atoms with Crippen molar-refractivity contribution in [3.63, 3.8) is 0 Å². The Kier molecular flexibility index (Phi) is 6.53. The third kappa shape index (κ3) is 3.82. The third-order valence-electron chi connectivity index (χ3n) is 2.57. The summed E-state index contributed by atoms with van der Waals surface area (Å²) in [6.07, 6.45) is 0. The van der Waals surface area contributed by atoms with Crippen LogP contribution in [0.1, 0.15) is 17.8 Å². The van der Waals surface area contributed by atoms with Crippen molar-refractivity contribution in [2.75, 3.05) is 33.4 Å². The lowest BCUT2D eigenvalue weighted by atomic mass is 10.2. The lowest BCUT2D eigenvalue weighted by Gasteiger charge is -2.28. The molecule has 2 N–H and O–H groups in total. The van der Waals surface area contributed by atoms with Crippen LogP contribution in [0.2, 0.25) is 0 Å². The van der Waals surface area contributed by atoms with Gasteiger partial charge in [0.05, 0.1) is 12.6 Å². The highest BCUT2D eigenvalue weighted by atomic mass is 79.9. The SMILES string of the molecule is CCN(CCOC)C(CN)c1cc(Br)cs1. The van der Waals surface area contributed by atoms with Crippen LogP contribution in [0, 0.1) is 0 Å². The number of likely N-dealkylation sites (N-methyl/N-ethyl adjacent to an activating group) is 1. The molecule has 0 saturated carbocycles. The molecule has 1 atom stereocenters. The molecule has 16 heavy (non-hydrogen) atoms. The summed E-state index contributed by atoms with van der Waals surface area (Å²) < 4.78 is 6.25. The molecule has 0 aliphatic carbocycles. The maximum Gasteiger partial charge on any atom is 0.0589 e. The van der Waals surface area contributed by atoms with E-state index in [9.17, 15) is 0 Å². The van der Waals surface area contributed by atoms with Gasteiger partial charge < -0.3 is 10.5 Å². The maximum absolute atomic E-state index is 5.87. The van der Waals surface area contributed by atoms with E-state index in [2.05, 4.69) is 39.2 Å². The summed E-state index contributed by atoms with van der Waals surface area (Å²) in [5.41, 5.74) is 5.87. The van der Waals surface area contributed by atoms with Crippen molar-refractivity contribution in [2.24, 2.45) is 5.73 Å². The minimum atomic E-state index is 0.302. The molecule has 1 unspecified atom stereocenters. The van der Waals surface area contributed by atoms with Crippen molar-refractivity contribution < 1.29 is 4.74 Å². The highest BCUT2D eigenvalue weighted by Gasteiger charge is 2.18. The summed E-state index contributed by atoms with van der Waals surface area (Å²) in [6, 6.07) is 2.45. The van der Waals surface area contributed by atoms with Crippen molar-refractivity contribution in [2.45, 2.75) is 13.0 Å². The van der Waals surface area contributed by atoms with E-state index in [-0.39, 0.29) is 0 Å². The van der Waals surface area contributed by atoms with Gasteiger partial charge in [-0.1, -0.05) is 6.92 Å². The average molecular weight is 307 g/mol. The predicted octanol–water partition coefficient (Wildman–Crippen LogP) is 2.48. The van der Waals surface area contributed by atoms with Gasteiger partial charge in [0.25, 0.3) is 0 Å². The number of rotatable bonds is 7. The quantitative estimate of drug-likeness (QED) is 0.841. The molecule has 0 saturated heterocycles. The minimum absolute atomic E-state index is 0.302. The van der Waals surface area contributed by atoms with Crippen LogP contribution in [-0.2, 0) is 4.74 Å². The second-order valence-electron chi connectivity index (χ2n) is 3.54. The number of hydrogen-bond donors (Lipinski definition) is 1. The monoisotopic (exact) mass is 306 g/mol. The molecule has 1 heterocycles. The molecule has 0 aliphatic heterocycles. The molecular formula is C11H19BrN2OS. The average Bonchev–Trinajstić information content (AvgIpc) is 2.70. The normalized spacial score (nSPS) is 13.3. The molecular weight excluding hydrogens is 288 g/mol. The first-order chi connectivity index (χ1) is 7.72. The predicted molar refractivity (Wildman–Crippen MR) is 72.9 cm³/mol. The molecule has 3 nitrogen and oxygen atoms in total.